The van der Waals surface area contributed by atoms with Crippen molar-refractivity contribution in [2.45, 2.75) is 6.42 Å². The lowest BCUT2D eigenvalue weighted by molar-refractivity contribution is 0.668. The van der Waals surface area contributed by atoms with Crippen molar-refractivity contribution in [3.05, 3.63) is 181 Å². The molecule has 0 saturated carbocycles. The number of hydrogen-bond acceptors (Lipinski definition) is 2. The number of hydrogen-bond donors (Lipinski definition) is 0. The van der Waals surface area contributed by atoms with Gasteiger partial charge in [-0.25, -0.2) is 0 Å². The van der Waals surface area contributed by atoms with Crippen LogP contribution in [-0.4, -0.2) is 0 Å². The average Bonchev–Trinajstić information content (AvgIpc) is 3.68. The van der Waals surface area contributed by atoms with Crippen LogP contribution in [0.5, 0.6) is 0 Å². The van der Waals surface area contributed by atoms with E-state index in [0.717, 1.165) is 50.3 Å². The molecule has 248 valence electrons. The quantitative estimate of drug-likeness (QED) is 0.185. The van der Waals surface area contributed by atoms with Crippen molar-refractivity contribution >= 4 is 66.8 Å². The molecule has 0 spiro atoms. The molecule has 0 amide bonds. The maximum Gasteiger partial charge on any atom is 0.135 e. The molecule has 8 aromatic carbocycles. The highest BCUT2D eigenvalue weighted by Gasteiger charge is 2.23. The minimum absolute atomic E-state index is 0.877. The summed E-state index contributed by atoms with van der Waals surface area (Å²) >= 11 is 0. The molecule has 0 atom stereocenters. The number of benzene rings is 8. The van der Waals surface area contributed by atoms with Crippen LogP contribution in [0.25, 0.3) is 111 Å². The van der Waals surface area contributed by atoms with Crippen molar-refractivity contribution in [3.63, 3.8) is 0 Å². The van der Waals surface area contributed by atoms with Crippen LogP contribution in [0, 0.1) is 0 Å². The van der Waals surface area contributed by atoms with Gasteiger partial charge in [0.2, 0.25) is 0 Å². The first-order chi connectivity index (χ1) is 26.3. The molecule has 53 heavy (non-hydrogen) atoms. The Morgan fingerprint density at radius 1 is 0.321 bits per heavy atom. The molecule has 2 heterocycles. The van der Waals surface area contributed by atoms with Gasteiger partial charge in [-0.1, -0.05) is 146 Å². The van der Waals surface area contributed by atoms with Crippen molar-refractivity contribution in [2.24, 2.45) is 0 Å². The van der Waals surface area contributed by atoms with Crippen molar-refractivity contribution < 1.29 is 8.83 Å². The molecule has 0 fully saturated rings. The summed E-state index contributed by atoms with van der Waals surface area (Å²) in [5.74, 6) is 0. The number of para-hydroxylation sites is 2. The fourth-order valence-electron chi connectivity index (χ4n) is 8.55. The Kier molecular flexibility index (Phi) is 6.65. The molecule has 2 heteroatoms. The van der Waals surface area contributed by atoms with Gasteiger partial charge in [0.25, 0.3) is 0 Å². The van der Waals surface area contributed by atoms with Gasteiger partial charge in [-0.15, -0.1) is 0 Å². The number of furan rings is 2. The van der Waals surface area contributed by atoms with Crippen molar-refractivity contribution in [1.82, 2.24) is 0 Å². The lowest BCUT2D eigenvalue weighted by atomic mass is 9.80. The largest absolute Gasteiger partial charge is 0.456 e. The van der Waals surface area contributed by atoms with Gasteiger partial charge in [0.15, 0.2) is 0 Å². The highest BCUT2D eigenvalue weighted by atomic mass is 16.3. The lowest BCUT2D eigenvalue weighted by Gasteiger charge is -2.23. The number of rotatable bonds is 4. The zero-order valence-electron chi connectivity index (χ0n) is 28.8. The normalized spacial score (nSPS) is 12.7. The molecule has 11 rings (SSSR count). The lowest BCUT2D eigenvalue weighted by Crippen LogP contribution is -1.98. The fraction of sp³-hybridized carbons (Fsp3) is 0.0196. The van der Waals surface area contributed by atoms with Crippen LogP contribution in [-0.2, 0) is 0 Å². The minimum atomic E-state index is 0.877. The highest BCUT2D eigenvalue weighted by Crippen LogP contribution is 2.49. The van der Waals surface area contributed by atoms with Crippen LogP contribution in [0.2, 0.25) is 0 Å². The summed E-state index contributed by atoms with van der Waals surface area (Å²) in [6.45, 7) is 0. The summed E-state index contributed by atoms with van der Waals surface area (Å²) in [7, 11) is 0. The first kappa shape index (κ1) is 29.8. The second kappa shape index (κ2) is 11.8. The Morgan fingerprint density at radius 3 is 1.17 bits per heavy atom. The predicted molar refractivity (Wildman–Crippen MR) is 223 cm³/mol. The van der Waals surface area contributed by atoms with Crippen LogP contribution in [0.3, 0.4) is 0 Å². The summed E-state index contributed by atoms with van der Waals surface area (Å²) in [5.41, 5.74) is 15.8. The van der Waals surface area contributed by atoms with Gasteiger partial charge in [-0.2, -0.15) is 0 Å². The number of allylic oxidation sites excluding steroid dienone is 2. The third kappa shape index (κ3) is 4.66. The van der Waals surface area contributed by atoms with E-state index in [1.807, 2.05) is 24.3 Å². The van der Waals surface area contributed by atoms with Gasteiger partial charge in [-0.05, 0) is 109 Å². The maximum absolute atomic E-state index is 6.22. The molecule has 1 aliphatic carbocycles. The summed E-state index contributed by atoms with van der Waals surface area (Å²) in [4.78, 5) is 0. The van der Waals surface area contributed by atoms with Crippen molar-refractivity contribution in [3.8, 4) is 44.5 Å². The minimum Gasteiger partial charge on any atom is -0.456 e. The SMILES string of the molecule is C1=Cc2c(c(-c3ccccc3-c3ccc4oc5ccccc5c4c3)c3ccccc3c2-c2ccccc2-c2ccc3oc4ccccc4c3c2)C=CC1. The van der Waals surface area contributed by atoms with Crippen LogP contribution in [0.1, 0.15) is 17.5 Å². The topological polar surface area (TPSA) is 26.3 Å². The molecule has 0 saturated heterocycles. The van der Waals surface area contributed by atoms with Crippen LogP contribution < -0.4 is 0 Å². The highest BCUT2D eigenvalue weighted by molar-refractivity contribution is 6.16. The molecular formula is C51H32O2. The average molecular weight is 677 g/mol. The van der Waals surface area contributed by atoms with E-state index in [1.54, 1.807) is 0 Å². The Hall–Kier alpha value is -6.90. The maximum atomic E-state index is 6.22. The van der Waals surface area contributed by atoms with Gasteiger partial charge in [0.1, 0.15) is 22.3 Å². The van der Waals surface area contributed by atoms with E-state index in [2.05, 4.69) is 158 Å². The van der Waals surface area contributed by atoms with E-state index in [0.29, 0.717) is 0 Å². The molecule has 0 N–H and O–H groups in total. The summed E-state index contributed by atoms with van der Waals surface area (Å²) in [5, 5.41) is 7.00. The molecule has 2 aromatic heterocycles. The molecule has 0 unspecified atom stereocenters. The van der Waals surface area contributed by atoms with Gasteiger partial charge in [0.05, 0.1) is 0 Å². The zero-order valence-corrected chi connectivity index (χ0v) is 28.8. The Morgan fingerprint density at radius 2 is 0.698 bits per heavy atom. The Labute approximate surface area is 306 Å². The van der Waals surface area contributed by atoms with E-state index in [9.17, 15) is 0 Å². The van der Waals surface area contributed by atoms with Crippen molar-refractivity contribution in [1.29, 1.82) is 0 Å². The van der Waals surface area contributed by atoms with Crippen LogP contribution in [0.15, 0.2) is 179 Å². The standard InChI is InChI=1S/C51H32O2/c1-2-18-40-41(19-3-1)51(39-21-7-5-15-35(39)33-27-29-49-45(31-33)37-17-11-13-25-47(37)53-49)43-23-9-8-22-42(43)50(40)38-20-6-4-14-34(38)32-26-28-48-44(30-32)36-16-10-12-24-46(36)52-48/h2-31H,1H2. The first-order valence-corrected chi connectivity index (χ1v) is 18.2. The smallest absolute Gasteiger partial charge is 0.135 e. The van der Waals surface area contributed by atoms with Crippen molar-refractivity contribution in [2.75, 3.05) is 0 Å². The molecule has 0 aliphatic heterocycles. The third-order valence-electron chi connectivity index (χ3n) is 10.9. The van der Waals surface area contributed by atoms with Crippen LogP contribution in [0.4, 0.5) is 0 Å². The van der Waals surface area contributed by atoms with Gasteiger partial charge < -0.3 is 8.83 Å². The van der Waals surface area contributed by atoms with E-state index < -0.39 is 0 Å². The predicted octanol–water partition coefficient (Wildman–Crippen LogP) is 14.7. The molecule has 0 radical (unpaired) electrons. The van der Waals surface area contributed by atoms with Gasteiger partial charge >= 0.3 is 0 Å². The monoisotopic (exact) mass is 676 g/mol. The fourth-order valence-corrected chi connectivity index (χ4v) is 8.55. The Balaban J connectivity index is 1.17. The molecule has 0 bridgehead atoms. The second-order valence-electron chi connectivity index (χ2n) is 13.9. The second-order valence-corrected chi connectivity index (χ2v) is 13.9. The van der Waals surface area contributed by atoms with E-state index >= 15 is 0 Å². The third-order valence-corrected chi connectivity index (χ3v) is 10.9. The number of fused-ring (bicyclic) bond motifs is 8. The van der Waals surface area contributed by atoms with E-state index in [-0.39, 0.29) is 0 Å². The van der Waals surface area contributed by atoms with Gasteiger partial charge in [0, 0.05) is 21.5 Å². The molecular weight excluding hydrogens is 645 g/mol. The summed E-state index contributed by atoms with van der Waals surface area (Å²) < 4.78 is 12.4. The molecule has 1 aliphatic rings. The van der Waals surface area contributed by atoms with E-state index in [1.165, 1.54) is 66.4 Å². The molecule has 2 nitrogen and oxygen atoms in total. The molecule has 10 aromatic rings. The zero-order chi connectivity index (χ0) is 34.9. The van der Waals surface area contributed by atoms with E-state index in [4.69, 9.17) is 8.83 Å². The summed E-state index contributed by atoms with van der Waals surface area (Å²) in [6, 6.07) is 56.5. The van der Waals surface area contributed by atoms with Crippen LogP contribution >= 0.6 is 0 Å². The van der Waals surface area contributed by atoms with Gasteiger partial charge in [-0.3, -0.25) is 0 Å². The Bertz CT molecular complexity index is 2940. The summed E-state index contributed by atoms with van der Waals surface area (Å²) in [6.07, 6.45) is 10.1. The first-order valence-electron chi connectivity index (χ1n) is 18.2.